The van der Waals surface area contributed by atoms with Crippen LogP contribution in [0.4, 0.5) is 8.78 Å². The van der Waals surface area contributed by atoms with Crippen molar-refractivity contribution in [3.05, 3.63) is 65.7 Å². The summed E-state index contributed by atoms with van der Waals surface area (Å²) >= 11 is 0. The Bertz CT molecular complexity index is 1080. The van der Waals surface area contributed by atoms with Crippen molar-refractivity contribution < 1.29 is 10.2 Å². The molecule has 4 aromatic rings. The lowest BCUT2D eigenvalue weighted by molar-refractivity contribution is 0.0307. The van der Waals surface area contributed by atoms with Crippen molar-refractivity contribution in [2.75, 3.05) is 0 Å². The SMILES string of the molecule is [2H]c1ccc2cc(C(F)(F)c3nnc4ccc(C)nn34)ccc2n1. The Labute approximate surface area is 131 Å². The van der Waals surface area contributed by atoms with Crippen LogP contribution in [0.25, 0.3) is 16.6 Å². The number of aromatic nitrogens is 5. The first kappa shape index (κ1) is 12.6. The highest BCUT2D eigenvalue weighted by Gasteiger charge is 2.40. The molecule has 0 aliphatic carbocycles. The maximum absolute atomic E-state index is 15.0. The van der Waals surface area contributed by atoms with Crippen LogP contribution in [0.1, 0.15) is 18.5 Å². The molecule has 0 spiro atoms. The summed E-state index contributed by atoms with van der Waals surface area (Å²) in [5.41, 5.74) is 1.11. The highest BCUT2D eigenvalue weighted by Crippen LogP contribution is 2.35. The first-order chi connectivity index (χ1) is 11.4. The predicted molar refractivity (Wildman–Crippen MR) is 80.3 cm³/mol. The average Bonchev–Trinajstić information content (AvgIpc) is 2.98. The Morgan fingerprint density at radius 3 is 2.87 bits per heavy atom. The third-order valence-electron chi connectivity index (χ3n) is 3.59. The molecule has 1 aromatic carbocycles. The van der Waals surface area contributed by atoms with Crippen molar-refractivity contribution in [2.24, 2.45) is 0 Å². The van der Waals surface area contributed by atoms with E-state index in [2.05, 4.69) is 20.3 Å². The molecule has 114 valence electrons. The summed E-state index contributed by atoms with van der Waals surface area (Å²) in [7, 11) is 0. The molecule has 7 heteroatoms. The zero-order chi connectivity index (χ0) is 16.9. The van der Waals surface area contributed by atoms with Gasteiger partial charge in [0.2, 0.25) is 5.82 Å². The minimum Gasteiger partial charge on any atom is -0.256 e. The molecule has 4 rings (SSSR count). The number of nitrogens with zero attached hydrogens (tertiary/aromatic N) is 5. The number of hydrogen-bond acceptors (Lipinski definition) is 4. The van der Waals surface area contributed by atoms with Gasteiger partial charge in [0.05, 0.1) is 12.6 Å². The molecule has 0 aliphatic rings. The van der Waals surface area contributed by atoms with Gasteiger partial charge in [-0.05, 0) is 37.3 Å². The Balaban J connectivity index is 1.89. The second-order valence-corrected chi connectivity index (χ2v) is 5.19. The van der Waals surface area contributed by atoms with Crippen LogP contribution in [0, 0.1) is 6.92 Å². The van der Waals surface area contributed by atoms with E-state index in [-0.39, 0.29) is 17.4 Å². The maximum atomic E-state index is 15.0. The van der Waals surface area contributed by atoms with Crippen molar-refractivity contribution in [3.63, 3.8) is 0 Å². The summed E-state index contributed by atoms with van der Waals surface area (Å²) in [4.78, 5) is 4.00. The van der Waals surface area contributed by atoms with Crippen molar-refractivity contribution in [3.8, 4) is 0 Å². The molecule has 0 radical (unpaired) electrons. The predicted octanol–water partition coefficient (Wildman–Crippen LogP) is 3.12. The smallest absolute Gasteiger partial charge is 0.256 e. The average molecular weight is 312 g/mol. The standard InChI is InChI=1S/C16H11F2N5/c1-10-4-7-14-20-21-15(23(14)22-10)16(17,18)12-5-6-13-11(9-12)3-2-8-19-13/h2-9H,1H3/i8D. The molecule has 3 aromatic heterocycles. The summed E-state index contributed by atoms with van der Waals surface area (Å²) in [6.45, 7) is 1.71. The number of benzene rings is 1. The number of aryl methyl sites for hydroxylation is 1. The van der Waals surface area contributed by atoms with Gasteiger partial charge in [0.1, 0.15) is 0 Å². The Morgan fingerprint density at radius 2 is 2.00 bits per heavy atom. The lowest BCUT2D eigenvalue weighted by Crippen LogP contribution is -2.20. The van der Waals surface area contributed by atoms with Gasteiger partial charge in [-0.25, -0.2) is 0 Å². The van der Waals surface area contributed by atoms with Crippen LogP contribution in [-0.4, -0.2) is 24.8 Å². The Hall–Kier alpha value is -2.96. The molecule has 0 atom stereocenters. The van der Waals surface area contributed by atoms with Gasteiger partial charge in [-0.3, -0.25) is 4.98 Å². The third-order valence-corrected chi connectivity index (χ3v) is 3.59. The number of alkyl halides is 2. The highest BCUT2D eigenvalue weighted by atomic mass is 19.3. The first-order valence-corrected chi connectivity index (χ1v) is 6.90. The second kappa shape index (κ2) is 4.77. The molecule has 0 bridgehead atoms. The zero-order valence-corrected chi connectivity index (χ0v) is 12.0. The van der Waals surface area contributed by atoms with Crippen molar-refractivity contribution in [1.29, 1.82) is 0 Å². The Kier molecular flexibility index (Phi) is 2.61. The third kappa shape index (κ3) is 2.12. The van der Waals surface area contributed by atoms with Crippen LogP contribution in [-0.2, 0) is 5.92 Å². The summed E-state index contributed by atoms with van der Waals surface area (Å²) < 4.78 is 38.5. The molecule has 3 heterocycles. The van der Waals surface area contributed by atoms with Crippen molar-refractivity contribution in [1.82, 2.24) is 24.8 Å². The maximum Gasteiger partial charge on any atom is 0.333 e. The molecule has 5 nitrogen and oxygen atoms in total. The first-order valence-electron chi connectivity index (χ1n) is 7.40. The van der Waals surface area contributed by atoms with E-state index in [4.69, 9.17) is 1.37 Å². The molecule has 0 saturated heterocycles. The summed E-state index contributed by atoms with van der Waals surface area (Å²) in [5.74, 6) is -3.90. The summed E-state index contributed by atoms with van der Waals surface area (Å²) in [6.07, 6.45) is 0.0881. The minimum absolute atomic E-state index is 0.0881. The van der Waals surface area contributed by atoms with Gasteiger partial charge in [-0.15, -0.1) is 10.2 Å². The van der Waals surface area contributed by atoms with Crippen LogP contribution in [0.5, 0.6) is 0 Å². The van der Waals surface area contributed by atoms with E-state index in [1.807, 2.05) is 0 Å². The van der Waals surface area contributed by atoms with E-state index in [9.17, 15) is 8.78 Å². The monoisotopic (exact) mass is 312 g/mol. The van der Waals surface area contributed by atoms with E-state index in [1.165, 1.54) is 24.3 Å². The molecule has 0 aliphatic heterocycles. The fourth-order valence-corrected chi connectivity index (χ4v) is 2.42. The largest absolute Gasteiger partial charge is 0.333 e. The van der Waals surface area contributed by atoms with E-state index in [0.717, 1.165) is 4.52 Å². The van der Waals surface area contributed by atoms with Gasteiger partial charge in [0.25, 0.3) is 0 Å². The molecule has 23 heavy (non-hydrogen) atoms. The van der Waals surface area contributed by atoms with Crippen molar-refractivity contribution >= 4 is 16.6 Å². The van der Waals surface area contributed by atoms with E-state index in [1.54, 1.807) is 25.1 Å². The molecular weight excluding hydrogens is 300 g/mol. The quantitative estimate of drug-likeness (QED) is 0.570. The lowest BCUT2D eigenvalue weighted by Gasteiger charge is -2.15. The molecule has 0 amide bonds. The van der Waals surface area contributed by atoms with E-state index >= 15 is 0 Å². The van der Waals surface area contributed by atoms with Gasteiger partial charge in [-0.2, -0.15) is 18.4 Å². The number of rotatable bonds is 2. The van der Waals surface area contributed by atoms with Gasteiger partial charge >= 0.3 is 5.92 Å². The molecule has 0 N–H and O–H groups in total. The van der Waals surface area contributed by atoms with Crippen LogP contribution in [0.15, 0.2) is 48.6 Å². The van der Waals surface area contributed by atoms with Crippen LogP contribution in [0.2, 0.25) is 0 Å². The molecular formula is C16H11F2N5. The summed E-state index contributed by atoms with van der Waals surface area (Å²) in [5, 5.41) is 12.0. The highest BCUT2D eigenvalue weighted by molar-refractivity contribution is 5.79. The van der Waals surface area contributed by atoms with Gasteiger partial charge in [-0.1, -0.05) is 12.1 Å². The molecule has 0 saturated carbocycles. The minimum atomic E-state index is -3.37. The fraction of sp³-hybridized carbons (Fsp3) is 0.125. The zero-order valence-electron chi connectivity index (χ0n) is 13.0. The Morgan fingerprint density at radius 1 is 1.13 bits per heavy atom. The topological polar surface area (TPSA) is 56.0 Å². The lowest BCUT2D eigenvalue weighted by atomic mass is 10.0. The van der Waals surface area contributed by atoms with Crippen LogP contribution < -0.4 is 0 Å². The van der Waals surface area contributed by atoms with E-state index in [0.29, 0.717) is 16.6 Å². The van der Waals surface area contributed by atoms with Crippen LogP contribution in [0.3, 0.4) is 0 Å². The summed E-state index contributed by atoms with van der Waals surface area (Å²) in [6, 6.07) is 10.4. The number of halogens is 2. The van der Waals surface area contributed by atoms with Crippen LogP contribution >= 0.6 is 0 Å². The number of hydrogen-bond donors (Lipinski definition) is 0. The fourth-order valence-electron chi connectivity index (χ4n) is 2.42. The van der Waals surface area contributed by atoms with Crippen molar-refractivity contribution in [2.45, 2.75) is 12.8 Å². The van der Waals surface area contributed by atoms with Gasteiger partial charge in [0, 0.05) is 17.1 Å². The van der Waals surface area contributed by atoms with Gasteiger partial charge < -0.3 is 0 Å². The molecule has 0 fully saturated rings. The van der Waals surface area contributed by atoms with Gasteiger partial charge in [0.15, 0.2) is 5.65 Å². The number of pyridine rings is 1. The second-order valence-electron chi connectivity index (χ2n) is 5.19. The normalized spacial score (nSPS) is 12.7. The van der Waals surface area contributed by atoms with E-state index < -0.39 is 11.7 Å². The number of fused-ring (bicyclic) bond motifs is 2. The molecule has 0 unspecified atom stereocenters.